The lowest BCUT2D eigenvalue weighted by atomic mass is 10.1. The van der Waals surface area contributed by atoms with Crippen LogP contribution in [0.1, 0.15) is 0 Å². The number of pyridine rings is 1. The smallest absolute Gasteiger partial charge is 0.269 e. The van der Waals surface area contributed by atoms with E-state index in [1.807, 2.05) is 30.3 Å². The molecule has 0 aliphatic heterocycles. The maximum Gasteiger partial charge on any atom is 0.269 e. The third-order valence-corrected chi connectivity index (χ3v) is 3.27. The molecule has 0 unspecified atom stereocenters. The van der Waals surface area contributed by atoms with E-state index in [-0.39, 0.29) is 5.69 Å². The molecule has 0 spiro atoms. The molecule has 3 rings (SSSR count). The van der Waals surface area contributed by atoms with Gasteiger partial charge in [0.25, 0.3) is 5.69 Å². The average Bonchev–Trinajstić information content (AvgIpc) is 2.54. The van der Waals surface area contributed by atoms with Crippen LogP contribution in [0.5, 0.6) is 5.75 Å². The fraction of sp³-hybridized carbons (Fsp3) is 0.0625. The molecule has 5 heteroatoms. The van der Waals surface area contributed by atoms with Gasteiger partial charge in [0.1, 0.15) is 5.75 Å². The SMILES string of the molecule is COc1ccc2nc(-c3ccc([N+](=O)[O-])cc3)ccc2c1. The zero-order valence-corrected chi connectivity index (χ0v) is 11.3. The van der Waals surface area contributed by atoms with E-state index in [0.717, 1.165) is 27.9 Å². The number of benzene rings is 2. The lowest BCUT2D eigenvalue weighted by Gasteiger charge is -2.05. The third-order valence-electron chi connectivity index (χ3n) is 3.27. The number of non-ortho nitro benzene ring substituents is 1. The lowest BCUT2D eigenvalue weighted by molar-refractivity contribution is -0.384. The van der Waals surface area contributed by atoms with Crippen LogP contribution in [-0.2, 0) is 0 Å². The second-order valence-electron chi connectivity index (χ2n) is 4.56. The Hall–Kier alpha value is -2.95. The van der Waals surface area contributed by atoms with Crippen LogP contribution in [0.15, 0.2) is 54.6 Å². The second kappa shape index (κ2) is 5.20. The molecule has 1 heterocycles. The molecule has 0 amide bonds. The lowest BCUT2D eigenvalue weighted by Crippen LogP contribution is -1.89. The molecule has 2 aromatic carbocycles. The van der Waals surface area contributed by atoms with Gasteiger partial charge in [-0.15, -0.1) is 0 Å². The van der Waals surface area contributed by atoms with Gasteiger partial charge >= 0.3 is 0 Å². The molecule has 1 aromatic heterocycles. The Labute approximate surface area is 121 Å². The zero-order valence-electron chi connectivity index (χ0n) is 11.3. The van der Waals surface area contributed by atoms with Crippen LogP contribution < -0.4 is 4.74 Å². The average molecular weight is 280 g/mol. The first-order chi connectivity index (χ1) is 10.2. The summed E-state index contributed by atoms with van der Waals surface area (Å²) in [4.78, 5) is 14.8. The minimum Gasteiger partial charge on any atom is -0.497 e. The summed E-state index contributed by atoms with van der Waals surface area (Å²) in [5.74, 6) is 0.785. The van der Waals surface area contributed by atoms with Gasteiger partial charge in [0.05, 0.1) is 23.2 Å². The number of aromatic nitrogens is 1. The van der Waals surface area contributed by atoms with Gasteiger partial charge in [-0.25, -0.2) is 4.98 Å². The molecule has 3 aromatic rings. The number of hydrogen-bond donors (Lipinski definition) is 0. The van der Waals surface area contributed by atoms with Gasteiger partial charge < -0.3 is 4.74 Å². The fourth-order valence-corrected chi connectivity index (χ4v) is 2.15. The van der Waals surface area contributed by atoms with Crippen LogP contribution >= 0.6 is 0 Å². The van der Waals surface area contributed by atoms with Crippen LogP contribution in [0.25, 0.3) is 22.2 Å². The molecule has 0 atom stereocenters. The monoisotopic (exact) mass is 280 g/mol. The van der Waals surface area contributed by atoms with E-state index >= 15 is 0 Å². The van der Waals surface area contributed by atoms with Crippen molar-refractivity contribution in [2.75, 3.05) is 7.11 Å². The third kappa shape index (κ3) is 2.53. The van der Waals surface area contributed by atoms with Crippen LogP contribution in [-0.4, -0.2) is 17.0 Å². The van der Waals surface area contributed by atoms with Crippen molar-refractivity contribution in [3.05, 3.63) is 64.7 Å². The standard InChI is InChI=1S/C16H12N2O3/c1-21-14-7-9-16-12(10-14)4-8-15(17-16)11-2-5-13(6-3-11)18(19)20/h2-10H,1H3. The van der Waals surface area contributed by atoms with Gasteiger partial charge in [0, 0.05) is 23.1 Å². The summed E-state index contributed by atoms with van der Waals surface area (Å²) in [7, 11) is 1.62. The Morgan fingerprint density at radius 3 is 2.48 bits per heavy atom. The van der Waals surface area contributed by atoms with Gasteiger partial charge in [-0.1, -0.05) is 6.07 Å². The molecule has 0 bridgehead atoms. The van der Waals surface area contributed by atoms with Gasteiger partial charge in [0.2, 0.25) is 0 Å². The number of fused-ring (bicyclic) bond motifs is 1. The number of methoxy groups -OCH3 is 1. The molecule has 0 N–H and O–H groups in total. The Kier molecular flexibility index (Phi) is 3.23. The van der Waals surface area contributed by atoms with Crippen molar-refractivity contribution in [2.45, 2.75) is 0 Å². The molecule has 5 nitrogen and oxygen atoms in total. The summed E-state index contributed by atoms with van der Waals surface area (Å²) >= 11 is 0. The van der Waals surface area contributed by atoms with Gasteiger partial charge in [-0.3, -0.25) is 10.1 Å². The van der Waals surface area contributed by atoms with Crippen molar-refractivity contribution in [1.82, 2.24) is 4.98 Å². The fourth-order valence-electron chi connectivity index (χ4n) is 2.15. The highest BCUT2D eigenvalue weighted by atomic mass is 16.6. The van der Waals surface area contributed by atoms with Crippen LogP contribution in [0.4, 0.5) is 5.69 Å². The molecule has 0 saturated heterocycles. The summed E-state index contributed by atoms with van der Waals surface area (Å²) in [6.45, 7) is 0. The Morgan fingerprint density at radius 2 is 1.81 bits per heavy atom. The molecular weight excluding hydrogens is 268 g/mol. The largest absolute Gasteiger partial charge is 0.497 e. The summed E-state index contributed by atoms with van der Waals surface area (Å²) in [5.41, 5.74) is 2.55. The minimum absolute atomic E-state index is 0.0734. The molecule has 0 aliphatic rings. The number of rotatable bonds is 3. The molecule has 0 fully saturated rings. The van der Waals surface area contributed by atoms with E-state index in [9.17, 15) is 10.1 Å². The normalized spacial score (nSPS) is 10.5. The number of nitro benzene ring substituents is 1. The maximum atomic E-state index is 10.7. The Bertz CT molecular complexity index is 813. The molecular formula is C16H12N2O3. The van der Waals surface area contributed by atoms with E-state index in [1.54, 1.807) is 19.2 Å². The summed E-state index contributed by atoms with van der Waals surface area (Å²) in [5, 5.41) is 11.6. The number of nitrogens with zero attached hydrogens (tertiary/aromatic N) is 2. The van der Waals surface area contributed by atoms with Crippen LogP contribution in [0.2, 0.25) is 0 Å². The van der Waals surface area contributed by atoms with Crippen molar-refractivity contribution in [3.8, 4) is 17.0 Å². The van der Waals surface area contributed by atoms with Gasteiger partial charge in [-0.05, 0) is 36.4 Å². The first kappa shape index (κ1) is 13.1. The first-order valence-electron chi connectivity index (χ1n) is 6.37. The van der Waals surface area contributed by atoms with E-state index in [2.05, 4.69) is 4.98 Å². The van der Waals surface area contributed by atoms with Crippen molar-refractivity contribution >= 4 is 16.6 Å². The predicted octanol–water partition coefficient (Wildman–Crippen LogP) is 3.82. The molecule has 21 heavy (non-hydrogen) atoms. The molecule has 104 valence electrons. The van der Waals surface area contributed by atoms with Crippen molar-refractivity contribution < 1.29 is 9.66 Å². The highest BCUT2D eigenvalue weighted by Gasteiger charge is 2.07. The molecule has 0 aliphatic carbocycles. The predicted molar refractivity (Wildman–Crippen MR) is 80.4 cm³/mol. The molecule has 0 radical (unpaired) electrons. The Balaban J connectivity index is 2.02. The highest BCUT2D eigenvalue weighted by molar-refractivity contribution is 5.83. The van der Waals surface area contributed by atoms with Crippen molar-refractivity contribution in [2.24, 2.45) is 0 Å². The van der Waals surface area contributed by atoms with Crippen LogP contribution in [0.3, 0.4) is 0 Å². The van der Waals surface area contributed by atoms with E-state index in [0.29, 0.717) is 0 Å². The van der Waals surface area contributed by atoms with Crippen LogP contribution in [0, 0.1) is 10.1 Å². The second-order valence-corrected chi connectivity index (χ2v) is 4.56. The van der Waals surface area contributed by atoms with Crippen molar-refractivity contribution in [3.63, 3.8) is 0 Å². The van der Waals surface area contributed by atoms with Gasteiger partial charge in [0.15, 0.2) is 0 Å². The zero-order chi connectivity index (χ0) is 14.8. The number of nitro groups is 1. The maximum absolute atomic E-state index is 10.7. The number of ether oxygens (including phenoxy) is 1. The summed E-state index contributed by atoms with van der Waals surface area (Å²) in [6, 6.07) is 15.9. The van der Waals surface area contributed by atoms with E-state index in [1.165, 1.54) is 12.1 Å². The quantitative estimate of drug-likeness (QED) is 0.540. The summed E-state index contributed by atoms with van der Waals surface area (Å²) in [6.07, 6.45) is 0. The summed E-state index contributed by atoms with van der Waals surface area (Å²) < 4.78 is 5.18. The van der Waals surface area contributed by atoms with E-state index in [4.69, 9.17) is 4.74 Å². The molecule has 0 saturated carbocycles. The van der Waals surface area contributed by atoms with Gasteiger partial charge in [-0.2, -0.15) is 0 Å². The first-order valence-corrected chi connectivity index (χ1v) is 6.37. The van der Waals surface area contributed by atoms with E-state index < -0.39 is 4.92 Å². The van der Waals surface area contributed by atoms with Crippen molar-refractivity contribution in [1.29, 1.82) is 0 Å². The highest BCUT2D eigenvalue weighted by Crippen LogP contribution is 2.25. The topological polar surface area (TPSA) is 65.3 Å². The minimum atomic E-state index is -0.413. The number of hydrogen-bond acceptors (Lipinski definition) is 4. The Morgan fingerprint density at radius 1 is 1.05 bits per heavy atom.